The van der Waals surface area contributed by atoms with Gasteiger partial charge in [0, 0.05) is 22.5 Å². The van der Waals surface area contributed by atoms with Gasteiger partial charge in [-0.25, -0.2) is 12.8 Å². The van der Waals surface area contributed by atoms with Crippen molar-refractivity contribution in [3.63, 3.8) is 0 Å². The van der Waals surface area contributed by atoms with Gasteiger partial charge in [0.1, 0.15) is 5.82 Å². The van der Waals surface area contributed by atoms with Crippen LogP contribution in [0.4, 0.5) is 15.8 Å². The Hall–Kier alpha value is -2.78. The Morgan fingerprint density at radius 1 is 1.21 bits per heavy atom. The molecule has 3 N–H and O–H groups in total. The first-order chi connectivity index (χ1) is 13.1. The number of ketones is 1. The van der Waals surface area contributed by atoms with E-state index >= 15 is 0 Å². The summed E-state index contributed by atoms with van der Waals surface area (Å²) >= 11 is 0. The lowest BCUT2D eigenvalue weighted by Crippen LogP contribution is -2.36. The van der Waals surface area contributed by atoms with E-state index in [9.17, 15) is 27.5 Å². The zero-order chi connectivity index (χ0) is 20.5. The van der Waals surface area contributed by atoms with Crippen LogP contribution in [-0.2, 0) is 20.4 Å². The van der Waals surface area contributed by atoms with Crippen LogP contribution in [0.1, 0.15) is 35.7 Å². The predicted octanol–water partition coefficient (Wildman–Crippen LogP) is 2.39. The van der Waals surface area contributed by atoms with Gasteiger partial charge in [-0.2, -0.15) is 0 Å². The van der Waals surface area contributed by atoms with Crippen LogP contribution in [0.15, 0.2) is 42.5 Å². The number of aliphatic hydroxyl groups is 1. The van der Waals surface area contributed by atoms with E-state index < -0.39 is 39.6 Å². The highest BCUT2D eigenvalue weighted by molar-refractivity contribution is 7.92. The number of hydrogen-bond donors (Lipinski definition) is 3. The van der Waals surface area contributed by atoms with Crippen LogP contribution >= 0.6 is 0 Å². The van der Waals surface area contributed by atoms with Crippen LogP contribution in [0.3, 0.4) is 0 Å². The Morgan fingerprint density at radius 2 is 1.89 bits per heavy atom. The number of carbonyl (C=O) groups excluding carboxylic acids is 2. The summed E-state index contributed by atoms with van der Waals surface area (Å²) in [6.07, 6.45) is -0.106. The highest BCUT2D eigenvalue weighted by Gasteiger charge is 2.47. The number of amides is 1. The third kappa shape index (κ3) is 3.90. The van der Waals surface area contributed by atoms with Crippen molar-refractivity contribution in [2.75, 3.05) is 15.8 Å². The standard InChI is InChI=1S/C19H19FN2O5S/c1-2-9-28(26,27)22-14-6-3-12(4-7-14)17(23)11-19(25)15-10-13(20)5-8-16(15)21-18(19)24/h3-8,10,22,25H,2,9,11H2,1H3,(H,21,24). The number of benzene rings is 2. The van der Waals surface area contributed by atoms with Crippen molar-refractivity contribution >= 4 is 33.1 Å². The molecule has 0 aliphatic carbocycles. The number of halogens is 1. The van der Waals surface area contributed by atoms with E-state index in [2.05, 4.69) is 10.0 Å². The van der Waals surface area contributed by atoms with Crippen LogP contribution < -0.4 is 10.0 Å². The zero-order valence-corrected chi connectivity index (χ0v) is 15.8. The molecule has 0 fully saturated rings. The quantitative estimate of drug-likeness (QED) is 0.611. The molecule has 2 aromatic rings. The molecule has 3 rings (SSSR count). The van der Waals surface area contributed by atoms with Gasteiger partial charge in [-0.3, -0.25) is 14.3 Å². The van der Waals surface area contributed by atoms with Crippen molar-refractivity contribution in [3.05, 3.63) is 59.4 Å². The minimum atomic E-state index is -3.45. The number of sulfonamides is 1. The van der Waals surface area contributed by atoms with Gasteiger partial charge in [0.25, 0.3) is 5.91 Å². The van der Waals surface area contributed by atoms with Crippen molar-refractivity contribution in [1.82, 2.24) is 0 Å². The van der Waals surface area contributed by atoms with Crippen molar-refractivity contribution in [2.24, 2.45) is 0 Å². The van der Waals surface area contributed by atoms with Crippen molar-refractivity contribution in [3.8, 4) is 0 Å². The molecule has 1 aliphatic rings. The molecule has 28 heavy (non-hydrogen) atoms. The van der Waals surface area contributed by atoms with Crippen LogP contribution in [0, 0.1) is 5.82 Å². The molecule has 0 bridgehead atoms. The third-order valence-corrected chi connectivity index (χ3v) is 5.91. The number of hydrogen-bond acceptors (Lipinski definition) is 5. The van der Waals surface area contributed by atoms with Crippen LogP contribution in [-0.4, -0.2) is 31.0 Å². The third-order valence-electron chi connectivity index (χ3n) is 4.42. The van der Waals surface area contributed by atoms with E-state index in [1.807, 2.05) is 0 Å². The number of Topliss-reactive ketones (excluding diaryl/α,β-unsaturated/α-hetero) is 1. The maximum Gasteiger partial charge on any atom is 0.261 e. The van der Waals surface area contributed by atoms with E-state index in [1.165, 1.54) is 30.3 Å². The van der Waals surface area contributed by atoms with E-state index in [1.54, 1.807) is 6.92 Å². The molecule has 0 radical (unpaired) electrons. The van der Waals surface area contributed by atoms with E-state index in [0.717, 1.165) is 12.1 Å². The molecule has 0 aromatic heterocycles. The summed E-state index contributed by atoms with van der Waals surface area (Å²) < 4.78 is 39.5. The Morgan fingerprint density at radius 3 is 2.54 bits per heavy atom. The van der Waals surface area contributed by atoms with Gasteiger partial charge in [0.2, 0.25) is 10.0 Å². The maximum absolute atomic E-state index is 13.5. The van der Waals surface area contributed by atoms with Crippen molar-refractivity contribution in [2.45, 2.75) is 25.4 Å². The predicted molar refractivity (Wildman–Crippen MR) is 102 cm³/mol. The Balaban J connectivity index is 1.79. The fraction of sp³-hybridized carbons (Fsp3) is 0.263. The molecular weight excluding hydrogens is 387 g/mol. The number of anilines is 2. The molecule has 0 spiro atoms. The number of fused-ring (bicyclic) bond motifs is 1. The SMILES string of the molecule is CCCS(=O)(=O)Nc1ccc(C(=O)CC2(O)C(=O)Nc3ccc(F)cc32)cc1. The smallest absolute Gasteiger partial charge is 0.261 e. The van der Waals surface area contributed by atoms with Crippen LogP contribution in [0.5, 0.6) is 0 Å². The molecule has 1 atom stereocenters. The van der Waals surface area contributed by atoms with Gasteiger partial charge in [0.15, 0.2) is 11.4 Å². The molecule has 148 valence electrons. The molecule has 7 nitrogen and oxygen atoms in total. The van der Waals surface area contributed by atoms with Crippen LogP contribution in [0.25, 0.3) is 0 Å². The normalized spacial score (nSPS) is 18.5. The summed E-state index contributed by atoms with van der Waals surface area (Å²) in [5, 5.41) is 13.2. The minimum Gasteiger partial charge on any atom is -0.375 e. The maximum atomic E-state index is 13.5. The summed E-state index contributed by atoms with van der Waals surface area (Å²) in [7, 11) is -3.45. The second-order valence-corrected chi connectivity index (χ2v) is 8.44. The van der Waals surface area contributed by atoms with Crippen molar-refractivity contribution < 1.29 is 27.5 Å². The summed E-state index contributed by atoms with van der Waals surface area (Å²) in [6.45, 7) is 1.74. The van der Waals surface area contributed by atoms with Gasteiger partial charge in [-0.05, 0) is 48.9 Å². The van der Waals surface area contributed by atoms with Crippen molar-refractivity contribution in [1.29, 1.82) is 0 Å². The number of rotatable bonds is 7. The molecule has 1 amide bonds. The lowest BCUT2D eigenvalue weighted by atomic mass is 9.88. The average molecular weight is 406 g/mol. The Kier molecular flexibility index (Phi) is 5.22. The fourth-order valence-corrected chi connectivity index (χ4v) is 4.18. The van der Waals surface area contributed by atoms with E-state index in [-0.39, 0.29) is 22.6 Å². The second kappa shape index (κ2) is 7.33. The summed E-state index contributed by atoms with van der Waals surface area (Å²) in [5.74, 6) is -2.00. The van der Waals surface area contributed by atoms with Crippen LogP contribution in [0.2, 0.25) is 0 Å². The number of carbonyl (C=O) groups is 2. The molecule has 0 saturated heterocycles. The fourth-order valence-electron chi connectivity index (χ4n) is 3.05. The molecule has 1 heterocycles. The first-order valence-electron chi connectivity index (χ1n) is 8.62. The molecule has 2 aromatic carbocycles. The molecule has 1 unspecified atom stereocenters. The van der Waals surface area contributed by atoms with Gasteiger partial charge >= 0.3 is 0 Å². The molecule has 0 saturated carbocycles. The van der Waals surface area contributed by atoms with E-state index in [4.69, 9.17) is 0 Å². The molecular formula is C19H19FN2O5S. The van der Waals surface area contributed by atoms with E-state index in [0.29, 0.717) is 12.1 Å². The molecule has 1 aliphatic heterocycles. The van der Waals surface area contributed by atoms with Gasteiger partial charge in [-0.15, -0.1) is 0 Å². The first-order valence-corrected chi connectivity index (χ1v) is 10.3. The number of nitrogens with one attached hydrogen (secondary N) is 2. The average Bonchev–Trinajstić information content (AvgIpc) is 2.85. The second-order valence-electron chi connectivity index (χ2n) is 6.60. The minimum absolute atomic E-state index is 0.00907. The Bertz CT molecular complexity index is 1040. The topological polar surface area (TPSA) is 113 Å². The first kappa shape index (κ1) is 20.0. The summed E-state index contributed by atoms with van der Waals surface area (Å²) in [6, 6.07) is 9.13. The summed E-state index contributed by atoms with van der Waals surface area (Å²) in [5.41, 5.74) is -1.42. The highest BCUT2D eigenvalue weighted by atomic mass is 32.2. The highest BCUT2D eigenvalue weighted by Crippen LogP contribution is 2.39. The van der Waals surface area contributed by atoms with Gasteiger partial charge in [-0.1, -0.05) is 6.92 Å². The van der Waals surface area contributed by atoms with Gasteiger partial charge in [0.05, 0.1) is 12.2 Å². The Labute approximate surface area is 161 Å². The lowest BCUT2D eigenvalue weighted by Gasteiger charge is -2.20. The zero-order valence-electron chi connectivity index (χ0n) is 15.0. The molecule has 9 heteroatoms. The monoisotopic (exact) mass is 406 g/mol. The lowest BCUT2D eigenvalue weighted by molar-refractivity contribution is -0.133. The van der Waals surface area contributed by atoms with Gasteiger partial charge < -0.3 is 10.4 Å². The summed E-state index contributed by atoms with van der Waals surface area (Å²) in [4.78, 5) is 24.8. The largest absolute Gasteiger partial charge is 0.375 e.